The molecule has 0 saturated carbocycles. The molecular weight excluding hydrogens is 789 g/mol. The molecule has 0 spiro atoms. The van der Waals surface area contributed by atoms with Crippen LogP contribution < -0.4 is 0 Å². The van der Waals surface area contributed by atoms with Crippen molar-refractivity contribution >= 4 is 11.9 Å². The highest BCUT2D eigenvalue weighted by molar-refractivity contribution is 5.70. The molecule has 0 aromatic carbocycles. The Morgan fingerprint density at radius 3 is 1.08 bits per heavy atom. The second-order valence-electron chi connectivity index (χ2n) is 16.6. The van der Waals surface area contributed by atoms with Crippen LogP contribution in [0.2, 0.25) is 0 Å². The minimum absolute atomic E-state index is 0.0502. The summed E-state index contributed by atoms with van der Waals surface area (Å²) in [6, 6.07) is 0. The normalized spacial score (nSPS) is 13.2. The van der Waals surface area contributed by atoms with Gasteiger partial charge in [-0.25, -0.2) is 0 Å². The first-order valence-corrected chi connectivity index (χ1v) is 26.1. The van der Waals surface area contributed by atoms with Gasteiger partial charge < -0.3 is 14.2 Å². The van der Waals surface area contributed by atoms with Crippen LogP contribution in [0.3, 0.4) is 0 Å². The van der Waals surface area contributed by atoms with Gasteiger partial charge in [-0.2, -0.15) is 0 Å². The predicted molar refractivity (Wildman–Crippen MR) is 279 cm³/mol. The van der Waals surface area contributed by atoms with E-state index in [4.69, 9.17) is 14.2 Å². The summed E-state index contributed by atoms with van der Waals surface area (Å²) < 4.78 is 17.4. The van der Waals surface area contributed by atoms with Crippen LogP contribution >= 0.6 is 0 Å². The summed E-state index contributed by atoms with van der Waals surface area (Å²) in [5.41, 5.74) is 0. The summed E-state index contributed by atoms with van der Waals surface area (Å²) in [5, 5.41) is 0. The van der Waals surface area contributed by atoms with E-state index in [1.807, 2.05) is 0 Å². The van der Waals surface area contributed by atoms with Gasteiger partial charge in [0.15, 0.2) is 6.10 Å². The minimum Gasteiger partial charge on any atom is -0.462 e. The summed E-state index contributed by atoms with van der Waals surface area (Å²) in [7, 11) is 0. The zero-order valence-corrected chi connectivity index (χ0v) is 41.5. The molecule has 0 heterocycles. The van der Waals surface area contributed by atoms with Crippen molar-refractivity contribution in [3.63, 3.8) is 0 Å². The van der Waals surface area contributed by atoms with Crippen molar-refractivity contribution in [3.8, 4) is 0 Å². The first-order chi connectivity index (χ1) is 31.6. The van der Waals surface area contributed by atoms with E-state index in [9.17, 15) is 9.59 Å². The molecule has 5 nitrogen and oxygen atoms in total. The number of unbranched alkanes of at least 4 members (excludes halogenated alkanes) is 15. The lowest BCUT2D eigenvalue weighted by molar-refractivity contribution is -0.163. The van der Waals surface area contributed by atoms with Gasteiger partial charge in [-0.15, -0.1) is 0 Å². The summed E-state index contributed by atoms with van der Waals surface area (Å²) in [6.45, 7) is 7.40. The van der Waals surface area contributed by atoms with Crippen molar-refractivity contribution in [2.75, 3.05) is 19.8 Å². The van der Waals surface area contributed by atoms with Gasteiger partial charge >= 0.3 is 11.9 Å². The van der Waals surface area contributed by atoms with Crippen molar-refractivity contribution in [1.82, 2.24) is 0 Å². The molecule has 0 amide bonds. The van der Waals surface area contributed by atoms with E-state index in [0.717, 1.165) is 128 Å². The predicted octanol–water partition coefficient (Wildman–Crippen LogP) is 17.8. The highest BCUT2D eigenvalue weighted by Crippen LogP contribution is 2.13. The maximum absolute atomic E-state index is 12.8. The maximum Gasteiger partial charge on any atom is 0.306 e. The number of carbonyl (C=O) groups is 2. The Morgan fingerprint density at radius 1 is 0.344 bits per heavy atom. The fourth-order valence-electron chi connectivity index (χ4n) is 6.70. The van der Waals surface area contributed by atoms with Crippen molar-refractivity contribution < 1.29 is 23.8 Å². The Hall–Kier alpha value is -3.70. The molecule has 0 aliphatic rings. The molecule has 0 aromatic heterocycles. The molecule has 0 aromatic rings. The number of hydrogen-bond donors (Lipinski definition) is 0. The molecular formula is C59H96O5. The standard InChI is InChI=1S/C59H96O5/c1-4-7-10-13-16-19-22-25-28-30-32-34-37-40-43-46-49-52-58(60)63-56-57(55-62-54-51-48-45-42-39-36-33-29-26-23-20-17-14-11-8-5-2)64-59(61)53-50-47-44-41-38-35-31-27-24-21-18-15-12-9-6-3/h7-12,16-21,25-29,31,38,41,57H,4-6,13-15,22-24,30,32-37,39-40,42-56H2,1-3H3/b10-7-,11-8-,12-9-,19-16-,20-17-,21-18-,28-25-,29-26-,31-27-,41-38-. The van der Waals surface area contributed by atoms with Gasteiger partial charge in [0.25, 0.3) is 0 Å². The number of ether oxygens (including phenoxy) is 3. The molecule has 0 radical (unpaired) electrons. The molecule has 1 unspecified atom stereocenters. The summed E-state index contributed by atoms with van der Waals surface area (Å²) in [6.07, 6.45) is 75.0. The van der Waals surface area contributed by atoms with Gasteiger partial charge in [0.05, 0.1) is 6.61 Å². The highest BCUT2D eigenvalue weighted by atomic mass is 16.6. The monoisotopic (exact) mass is 885 g/mol. The van der Waals surface area contributed by atoms with Gasteiger partial charge in [0, 0.05) is 19.4 Å². The Bertz CT molecular complexity index is 1320. The quantitative estimate of drug-likeness (QED) is 0.0346. The molecule has 0 fully saturated rings. The smallest absolute Gasteiger partial charge is 0.306 e. The van der Waals surface area contributed by atoms with Crippen LogP contribution in [0.5, 0.6) is 0 Å². The minimum atomic E-state index is -0.577. The molecule has 5 heteroatoms. The highest BCUT2D eigenvalue weighted by Gasteiger charge is 2.17. The number of hydrogen-bond acceptors (Lipinski definition) is 5. The van der Waals surface area contributed by atoms with Crippen LogP contribution in [-0.2, 0) is 23.8 Å². The van der Waals surface area contributed by atoms with Crippen molar-refractivity contribution in [2.24, 2.45) is 0 Å². The molecule has 0 bridgehead atoms. The first-order valence-electron chi connectivity index (χ1n) is 26.1. The molecule has 0 rings (SSSR count). The number of allylic oxidation sites excluding steroid dienone is 20. The van der Waals surface area contributed by atoms with Crippen LogP contribution in [0, 0.1) is 0 Å². The zero-order valence-electron chi connectivity index (χ0n) is 41.5. The van der Waals surface area contributed by atoms with Gasteiger partial charge in [-0.05, 0) is 122 Å². The molecule has 0 saturated heterocycles. The third-order valence-electron chi connectivity index (χ3n) is 10.5. The Labute approximate surface area is 395 Å². The van der Waals surface area contributed by atoms with E-state index in [2.05, 4.69) is 142 Å². The number of rotatable bonds is 46. The average Bonchev–Trinajstić information content (AvgIpc) is 3.30. The lowest BCUT2D eigenvalue weighted by Gasteiger charge is -2.18. The number of esters is 2. The van der Waals surface area contributed by atoms with E-state index in [1.165, 1.54) is 51.4 Å². The van der Waals surface area contributed by atoms with E-state index in [-0.39, 0.29) is 25.2 Å². The fourth-order valence-corrected chi connectivity index (χ4v) is 6.70. The molecule has 362 valence electrons. The number of carbonyl (C=O) groups excluding carboxylic acids is 2. The van der Waals surface area contributed by atoms with Crippen LogP contribution in [0.1, 0.15) is 213 Å². The lowest BCUT2D eigenvalue weighted by Crippen LogP contribution is -2.30. The fraction of sp³-hybridized carbons (Fsp3) is 0.627. The van der Waals surface area contributed by atoms with Gasteiger partial charge in [-0.3, -0.25) is 9.59 Å². The topological polar surface area (TPSA) is 61.8 Å². The van der Waals surface area contributed by atoms with E-state index in [0.29, 0.717) is 19.4 Å². The van der Waals surface area contributed by atoms with Crippen LogP contribution in [0.4, 0.5) is 0 Å². The van der Waals surface area contributed by atoms with Crippen LogP contribution in [0.15, 0.2) is 122 Å². The zero-order chi connectivity index (χ0) is 46.3. The van der Waals surface area contributed by atoms with Crippen LogP contribution in [-0.4, -0.2) is 37.9 Å². The lowest BCUT2D eigenvalue weighted by atomic mass is 10.1. The molecule has 0 N–H and O–H groups in total. The van der Waals surface area contributed by atoms with E-state index < -0.39 is 6.10 Å². The van der Waals surface area contributed by atoms with Gasteiger partial charge in [-0.1, -0.05) is 200 Å². The molecule has 1 atom stereocenters. The average molecular weight is 885 g/mol. The Kier molecular flexibility index (Phi) is 50.5. The molecule has 0 aliphatic heterocycles. The third kappa shape index (κ3) is 50.9. The maximum atomic E-state index is 12.8. The summed E-state index contributed by atoms with van der Waals surface area (Å²) in [5.74, 6) is -0.471. The molecule has 64 heavy (non-hydrogen) atoms. The largest absolute Gasteiger partial charge is 0.462 e. The van der Waals surface area contributed by atoms with Crippen molar-refractivity contribution in [2.45, 2.75) is 219 Å². The third-order valence-corrected chi connectivity index (χ3v) is 10.5. The first kappa shape index (κ1) is 60.3. The summed E-state index contributed by atoms with van der Waals surface area (Å²) >= 11 is 0. The second-order valence-corrected chi connectivity index (χ2v) is 16.6. The van der Waals surface area contributed by atoms with Crippen molar-refractivity contribution in [3.05, 3.63) is 122 Å². The van der Waals surface area contributed by atoms with Crippen molar-refractivity contribution in [1.29, 1.82) is 0 Å². The van der Waals surface area contributed by atoms with Gasteiger partial charge in [0.1, 0.15) is 6.61 Å². The Morgan fingerprint density at radius 2 is 0.656 bits per heavy atom. The summed E-state index contributed by atoms with van der Waals surface area (Å²) in [4.78, 5) is 25.4. The van der Waals surface area contributed by atoms with Gasteiger partial charge in [0.2, 0.25) is 0 Å². The van der Waals surface area contributed by atoms with E-state index >= 15 is 0 Å². The van der Waals surface area contributed by atoms with Crippen LogP contribution in [0.25, 0.3) is 0 Å². The molecule has 0 aliphatic carbocycles. The second kappa shape index (κ2) is 53.6. The Balaban J connectivity index is 4.40. The SMILES string of the molecule is CC/C=C\C/C=C\C/C=C\C/C=C\CCCCC(=O)OC(COCCCCCCCC/C=C\C/C=C\C/C=C\CC)COC(=O)CCCCCCCCC/C=C\C/C=C\C/C=C\CC. The van der Waals surface area contributed by atoms with E-state index in [1.54, 1.807) is 0 Å².